The molecule has 2 amide bonds. The Morgan fingerprint density at radius 3 is 2.42 bits per heavy atom. The molecule has 1 aliphatic rings. The second-order valence-corrected chi connectivity index (χ2v) is 10.3. The fourth-order valence-electron chi connectivity index (χ4n) is 5.07. The Hall–Kier alpha value is -4.94. The highest BCUT2D eigenvalue weighted by Crippen LogP contribution is 2.35. The van der Waals surface area contributed by atoms with Crippen molar-refractivity contribution in [2.75, 3.05) is 59.2 Å². The number of aryl methyl sites for hydroxylation is 1. The van der Waals surface area contributed by atoms with Gasteiger partial charge in [-0.05, 0) is 66.9 Å². The molecule has 45 heavy (non-hydrogen) atoms. The standard InChI is InChI=1S/C33H36FN5O6/c1-41-25-17-24(18-26(19-25)42-2)39(33(35)40)37-21-22-6-7-31(28(34)15-22)45-30-8-9-36-29-16-23(32(43-3)20-27(29)30)5-4-10-38-11-13-44-14-12-38/h6-9,15-21H,4-5,10-14H2,1-3H3,(H2,35,40)/b37-21+. The fourth-order valence-corrected chi connectivity index (χ4v) is 5.07. The molecule has 5 rings (SSSR count). The zero-order valence-electron chi connectivity index (χ0n) is 25.5. The van der Waals surface area contributed by atoms with Gasteiger partial charge in [-0.3, -0.25) is 9.88 Å². The summed E-state index contributed by atoms with van der Waals surface area (Å²) in [4.78, 5) is 19.1. The van der Waals surface area contributed by atoms with E-state index < -0.39 is 11.8 Å². The van der Waals surface area contributed by atoms with Gasteiger partial charge in [-0.1, -0.05) is 0 Å². The lowest BCUT2D eigenvalue weighted by atomic mass is 10.0. The Labute approximate surface area is 260 Å². The Balaban J connectivity index is 1.32. The van der Waals surface area contributed by atoms with Crippen molar-refractivity contribution in [2.24, 2.45) is 10.8 Å². The van der Waals surface area contributed by atoms with Crippen LogP contribution in [-0.2, 0) is 11.2 Å². The van der Waals surface area contributed by atoms with Gasteiger partial charge in [-0.25, -0.2) is 9.18 Å². The van der Waals surface area contributed by atoms with E-state index in [0.717, 1.165) is 67.5 Å². The number of aromatic nitrogens is 1. The zero-order valence-corrected chi connectivity index (χ0v) is 25.5. The average Bonchev–Trinajstić information content (AvgIpc) is 3.06. The summed E-state index contributed by atoms with van der Waals surface area (Å²) in [6.45, 7) is 4.43. The number of hydrazone groups is 1. The van der Waals surface area contributed by atoms with E-state index in [2.05, 4.69) is 15.0 Å². The minimum atomic E-state index is -0.845. The van der Waals surface area contributed by atoms with Gasteiger partial charge in [0, 0.05) is 42.9 Å². The molecule has 1 aromatic heterocycles. The summed E-state index contributed by atoms with van der Waals surface area (Å²) in [7, 11) is 4.61. The number of halogens is 1. The molecule has 1 fully saturated rings. The Kier molecular flexibility index (Phi) is 10.3. The molecule has 0 aliphatic carbocycles. The molecule has 12 heteroatoms. The monoisotopic (exact) mass is 617 g/mol. The van der Waals surface area contributed by atoms with Crippen LogP contribution in [0.25, 0.3) is 10.9 Å². The third-order valence-corrected chi connectivity index (χ3v) is 7.42. The van der Waals surface area contributed by atoms with Crippen LogP contribution < -0.4 is 29.7 Å². The van der Waals surface area contributed by atoms with Crippen molar-refractivity contribution >= 4 is 28.8 Å². The lowest BCUT2D eigenvalue weighted by Crippen LogP contribution is -2.36. The molecule has 236 valence electrons. The van der Waals surface area contributed by atoms with E-state index in [1.165, 1.54) is 32.6 Å². The van der Waals surface area contributed by atoms with Crippen LogP contribution in [0.3, 0.4) is 0 Å². The number of fused-ring (bicyclic) bond motifs is 1. The van der Waals surface area contributed by atoms with Gasteiger partial charge in [0.1, 0.15) is 23.0 Å². The van der Waals surface area contributed by atoms with Crippen LogP contribution in [0.2, 0.25) is 0 Å². The van der Waals surface area contributed by atoms with Crippen LogP contribution in [0.1, 0.15) is 17.5 Å². The molecule has 0 spiro atoms. The van der Waals surface area contributed by atoms with Gasteiger partial charge in [0.05, 0.1) is 52.0 Å². The molecule has 1 saturated heterocycles. The first-order valence-electron chi connectivity index (χ1n) is 14.5. The summed E-state index contributed by atoms with van der Waals surface area (Å²) in [5.74, 6) is 1.44. The smallest absolute Gasteiger partial charge is 0.340 e. The van der Waals surface area contributed by atoms with Gasteiger partial charge in [0.15, 0.2) is 11.6 Å². The molecule has 1 aliphatic heterocycles. The molecule has 0 unspecified atom stereocenters. The number of hydrogen-bond acceptors (Lipinski definition) is 9. The van der Waals surface area contributed by atoms with Crippen molar-refractivity contribution in [1.82, 2.24) is 9.88 Å². The van der Waals surface area contributed by atoms with Crippen molar-refractivity contribution in [3.8, 4) is 28.7 Å². The van der Waals surface area contributed by atoms with E-state index in [4.69, 9.17) is 29.4 Å². The fraction of sp³-hybridized carbons (Fsp3) is 0.303. The first-order chi connectivity index (χ1) is 21.9. The number of morpholine rings is 1. The van der Waals surface area contributed by atoms with Gasteiger partial charge in [-0.15, -0.1) is 0 Å². The van der Waals surface area contributed by atoms with Gasteiger partial charge < -0.3 is 29.4 Å². The molecule has 3 aromatic carbocycles. The number of primary amides is 1. The number of urea groups is 1. The highest BCUT2D eigenvalue weighted by Gasteiger charge is 2.16. The van der Waals surface area contributed by atoms with Crippen molar-refractivity contribution in [1.29, 1.82) is 0 Å². The van der Waals surface area contributed by atoms with Crippen LogP contribution in [-0.4, -0.2) is 76.3 Å². The van der Waals surface area contributed by atoms with Gasteiger partial charge in [0.25, 0.3) is 0 Å². The summed E-state index contributed by atoms with van der Waals surface area (Å²) in [5.41, 5.74) is 8.03. The molecule has 0 bridgehead atoms. The molecular formula is C33H36FN5O6. The maximum atomic E-state index is 15.3. The number of carbonyl (C=O) groups is 1. The maximum absolute atomic E-state index is 15.3. The number of methoxy groups -OCH3 is 3. The number of nitrogens with two attached hydrogens (primary N) is 1. The van der Waals surface area contributed by atoms with E-state index in [1.54, 1.807) is 43.6 Å². The summed E-state index contributed by atoms with van der Waals surface area (Å²) in [6, 6.07) is 13.9. The lowest BCUT2D eigenvalue weighted by Gasteiger charge is -2.26. The predicted molar refractivity (Wildman–Crippen MR) is 170 cm³/mol. The summed E-state index contributed by atoms with van der Waals surface area (Å²) in [6.07, 6.45) is 4.76. The quantitative estimate of drug-likeness (QED) is 0.166. The van der Waals surface area contributed by atoms with E-state index in [1.807, 2.05) is 12.1 Å². The number of anilines is 1. The number of rotatable bonds is 12. The maximum Gasteiger partial charge on any atom is 0.340 e. The van der Waals surface area contributed by atoms with Crippen LogP contribution >= 0.6 is 0 Å². The second-order valence-electron chi connectivity index (χ2n) is 10.3. The van der Waals surface area contributed by atoms with Crippen LogP contribution in [0.15, 0.2) is 65.9 Å². The van der Waals surface area contributed by atoms with E-state index in [-0.39, 0.29) is 5.75 Å². The van der Waals surface area contributed by atoms with Crippen LogP contribution in [0.5, 0.6) is 28.7 Å². The number of pyridine rings is 1. The van der Waals surface area contributed by atoms with Crippen LogP contribution in [0.4, 0.5) is 14.9 Å². The average molecular weight is 618 g/mol. The first-order valence-corrected chi connectivity index (χ1v) is 14.5. The largest absolute Gasteiger partial charge is 0.497 e. The number of carbonyl (C=O) groups excluding carboxylic acids is 1. The predicted octanol–water partition coefficient (Wildman–Crippen LogP) is 5.38. The number of amides is 2. The zero-order chi connectivity index (χ0) is 31.8. The third kappa shape index (κ3) is 7.78. The molecule has 11 nitrogen and oxygen atoms in total. The molecule has 2 heterocycles. The third-order valence-electron chi connectivity index (χ3n) is 7.42. The topological polar surface area (TPSA) is 121 Å². The minimum Gasteiger partial charge on any atom is -0.497 e. The Bertz CT molecular complexity index is 1660. The SMILES string of the molecule is COc1cc(OC)cc(N(/N=C/c2ccc(Oc3ccnc4cc(CCCN5CCOCC5)c(OC)cc34)c(F)c2)C(N)=O)c1. The molecular weight excluding hydrogens is 581 g/mol. The van der Waals surface area contributed by atoms with Crippen LogP contribution in [0, 0.1) is 5.82 Å². The summed E-state index contributed by atoms with van der Waals surface area (Å²) >= 11 is 0. The van der Waals surface area contributed by atoms with Crippen molar-refractivity contribution in [2.45, 2.75) is 12.8 Å². The Morgan fingerprint density at radius 2 is 1.76 bits per heavy atom. The normalized spacial score (nSPS) is 13.6. The number of ether oxygens (including phenoxy) is 5. The van der Waals surface area contributed by atoms with E-state index in [9.17, 15) is 4.79 Å². The first kappa shape index (κ1) is 31.5. The summed E-state index contributed by atoms with van der Waals surface area (Å²) < 4.78 is 42.9. The van der Waals surface area contributed by atoms with Gasteiger partial charge >= 0.3 is 6.03 Å². The van der Waals surface area contributed by atoms with E-state index >= 15 is 4.39 Å². The van der Waals surface area contributed by atoms with Crippen molar-refractivity contribution in [3.63, 3.8) is 0 Å². The Morgan fingerprint density at radius 1 is 1.00 bits per heavy atom. The molecule has 0 radical (unpaired) electrons. The molecule has 2 N–H and O–H groups in total. The second kappa shape index (κ2) is 14.7. The number of nitrogens with zero attached hydrogens (tertiary/aromatic N) is 4. The van der Waals surface area contributed by atoms with Gasteiger partial charge in [-0.2, -0.15) is 10.1 Å². The molecule has 0 saturated carbocycles. The highest BCUT2D eigenvalue weighted by atomic mass is 19.1. The molecule has 0 atom stereocenters. The van der Waals surface area contributed by atoms with Gasteiger partial charge in [0.2, 0.25) is 0 Å². The minimum absolute atomic E-state index is 0.0116. The van der Waals surface area contributed by atoms with E-state index in [0.29, 0.717) is 33.9 Å². The number of benzene rings is 3. The molecule has 4 aromatic rings. The highest BCUT2D eigenvalue weighted by molar-refractivity contribution is 5.93. The van der Waals surface area contributed by atoms with Crippen molar-refractivity contribution < 1.29 is 32.9 Å². The summed E-state index contributed by atoms with van der Waals surface area (Å²) in [5, 5.41) is 5.83. The lowest BCUT2D eigenvalue weighted by molar-refractivity contribution is 0.0374. The number of hydrogen-bond donors (Lipinski definition) is 1. The van der Waals surface area contributed by atoms with Crippen molar-refractivity contribution in [3.05, 3.63) is 77.7 Å².